The summed E-state index contributed by atoms with van der Waals surface area (Å²) in [4.78, 5) is 40.1. The van der Waals surface area contributed by atoms with E-state index in [2.05, 4.69) is 5.32 Å². The highest BCUT2D eigenvalue weighted by atomic mass is 16.6. The third kappa shape index (κ3) is 5.29. The molecule has 2 aliphatic rings. The molecular weight excluding hydrogens is 346 g/mol. The second-order valence-corrected chi connectivity index (χ2v) is 7.02. The average Bonchev–Trinajstić information content (AvgIpc) is 3.36. The minimum Gasteiger partial charge on any atom is -0.444 e. The molecule has 1 aromatic carbocycles. The number of benzene rings is 1. The number of carbonyl (C=O) groups excluding carboxylic acids is 3. The van der Waals surface area contributed by atoms with Crippen molar-refractivity contribution in [1.29, 1.82) is 0 Å². The summed E-state index contributed by atoms with van der Waals surface area (Å²) in [7, 11) is 0. The largest absolute Gasteiger partial charge is 0.444 e. The molecule has 146 valence electrons. The Balaban J connectivity index is 1.56. The molecule has 0 spiro atoms. The van der Waals surface area contributed by atoms with Gasteiger partial charge in [0.25, 0.3) is 0 Å². The first-order chi connectivity index (χ1) is 13.1. The van der Waals surface area contributed by atoms with Crippen LogP contribution in [0.25, 0.3) is 0 Å². The van der Waals surface area contributed by atoms with Gasteiger partial charge in [-0.3, -0.25) is 9.59 Å². The molecule has 3 amide bonds. The maximum atomic E-state index is 12.8. The molecule has 0 bridgehead atoms. The van der Waals surface area contributed by atoms with Gasteiger partial charge < -0.3 is 15.0 Å². The van der Waals surface area contributed by atoms with Crippen LogP contribution in [-0.2, 0) is 20.9 Å². The molecule has 1 aromatic rings. The van der Waals surface area contributed by atoms with E-state index in [1.54, 1.807) is 4.90 Å². The van der Waals surface area contributed by atoms with Gasteiger partial charge in [-0.2, -0.15) is 0 Å². The minimum absolute atomic E-state index is 0.131. The lowest BCUT2D eigenvalue weighted by Crippen LogP contribution is -2.47. The van der Waals surface area contributed by atoms with Gasteiger partial charge in [0.1, 0.15) is 6.61 Å². The number of nitrogens with one attached hydrogen (secondary N) is 1. The van der Waals surface area contributed by atoms with Gasteiger partial charge in [0.2, 0.25) is 11.8 Å². The lowest BCUT2D eigenvalue weighted by Gasteiger charge is -2.24. The second kappa shape index (κ2) is 9.50. The molecule has 27 heavy (non-hydrogen) atoms. The lowest BCUT2D eigenvalue weighted by atomic mass is 10.2. The Morgan fingerprint density at radius 2 is 2.04 bits per heavy atom. The fraction of sp³-hybridized carbons (Fsp3) is 0.550. The summed E-state index contributed by atoms with van der Waals surface area (Å²) in [6.45, 7) is 2.49. The molecule has 2 aliphatic heterocycles. The summed E-state index contributed by atoms with van der Waals surface area (Å²) in [6, 6.07) is 9.06. The van der Waals surface area contributed by atoms with Gasteiger partial charge in [0, 0.05) is 26.1 Å². The number of imide groups is 1. The van der Waals surface area contributed by atoms with Crippen molar-refractivity contribution in [2.24, 2.45) is 0 Å². The van der Waals surface area contributed by atoms with E-state index in [1.165, 1.54) is 4.90 Å². The van der Waals surface area contributed by atoms with Crippen molar-refractivity contribution in [3.8, 4) is 0 Å². The van der Waals surface area contributed by atoms with Crippen LogP contribution in [0.5, 0.6) is 0 Å². The first-order valence-corrected chi connectivity index (χ1v) is 9.68. The Labute approximate surface area is 159 Å². The number of hydrogen-bond donors (Lipinski definition) is 1. The Hall–Kier alpha value is -2.41. The monoisotopic (exact) mass is 373 g/mol. The van der Waals surface area contributed by atoms with E-state index >= 15 is 0 Å². The third-order valence-corrected chi connectivity index (χ3v) is 5.03. The van der Waals surface area contributed by atoms with Crippen molar-refractivity contribution in [2.75, 3.05) is 26.2 Å². The third-order valence-electron chi connectivity index (χ3n) is 5.03. The summed E-state index contributed by atoms with van der Waals surface area (Å²) in [6.07, 6.45) is 3.06. The van der Waals surface area contributed by atoms with E-state index in [9.17, 15) is 14.4 Å². The highest BCUT2D eigenvalue weighted by Crippen LogP contribution is 2.13. The zero-order chi connectivity index (χ0) is 19.1. The van der Waals surface area contributed by atoms with Crippen LogP contribution < -0.4 is 5.32 Å². The molecule has 1 N–H and O–H groups in total. The number of rotatable bonds is 7. The normalized spacial score (nSPS) is 19.3. The molecule has 7 nitrogen and oxygen atoms in total. The summed E-state index contributed by atoms with van der Waals surface area (Å²) in [5.74, 6) is -0.0877. The van der Waals surface area contributed by atoms with Crippen LogP contribution in [0.2, 0.25) is 0 Å². The summed E-state index contributed by atoms with van der Waals surface area (Å²) < 4.78 is 5.37. The molecule has 0 aliphatic carbocycles. The van der Waals surface area contributed by atoms with Crippen LogP contribution in [0.3, 0.4) is 0 Å². The number of nitrogens with zero attached hydrogens (tertiary/aromatic N) is 2. The maximum Gasteiger partial charge on any atom is 0.416 e. The van der Waals surface area contributed by atoms with E-state index in [1.807, 2.05) is 30.3 Å². The fourth-order valence-corrected chi connectivity index (χ4v) is 3.53. The van der Waals surface area contributed by atoms with Crippen LogP contribution in [0.15, 0.2) is 30.3 Å². The number of carbonyl (C=O) groups is 3. The quantitative estimate of drug-likeness (QED) is 0.790. The van der Waals surface area contributed by atoms with Crippen LogP contribution in [-0.4, -0.2) is 59.9 Å². The minimum atomic E-state index is -0.620. The van der Waals surface area contributed by atoms with Crippen molar-refractivity contribution in [2.45, 2.75) is 44.8 Å². The molecule has 2 fully saturated rings. The van der Waals surface area contributed by atoms with E-state index in [0.29, 0.717) is 19.4 Å². The summed E-state index contributed by atoms with van der Waals surface area (Å²) in [5, 5.41) is 3.14. The van der Waals surface area contributed by atoms with Crippen LogP contribution in [0, 0.1) is 0 Å². The highest BCUT2D eigenvalue weighted by Gasteiger charge is 2.31. The van der Waals surface area contributed by atoms with E-state index in [-0.39, 0.29) is 31.0 Å². The lowest BCUT2D eigenvalue weighted by molar-refractivity contribution is -0.131. The molecule has 2 saturated heterocycles. The summed E-state index contributed by atoms with van der Waals surface area (Å²) >= 11 is 0. The Kier molecular flexibility index (Phi) is 6.81. The highest BCUT2D eigenvalue weighted by molar-refractivity contribution is 5.95. The van der Waals surface area contributed by atoms with Gasteiger partial charge in [-0.05, 0) is 37.8 Å². The van der Waals surface area contributed by atoms with E-state index < -0.39 is 6.09 Å². The van der Waals surface area contributed by atoms with Gasteiger partial charge in [0.05, 0.1) is 6.04 Å². The first-order valence-electron chi connectivity index (χ1n) is 9.68. The molecule has 0 aromatic heterocycles. The number of ether oxygens (including phenoxy) is 1. The van der Waals surface area contributed by atoms with Crippen LogP contribution in [0.1, 0.15) is 37.7 Å². The number of hydrogen-bond acceptors (Lipinski definition) is 5. The van der Waals surface area contributed by atoms with Crippen molar-refractivity contribution >= 4 is 17.9 Å². The van der Waals surface area contributed by atoms with Crippen molar-refractivity contribution in [1.82, 2.24) is 15.1 Å². The maximum absolute atomic E-state index is 12.8. The van der Waals surface area contributed by atoms with Crippen molar-refractivity contribution in [3.63, 3.8) is 0 Å². The molecule has 2 heterocycles. The molecular formula is C20H27N3O4. The molecule has 1 atom stereocenters. The van der Waals surface area contributed by atoms with E-state index in [4.69, 9.17) is 4.74 Å². The summed E-state index contributed by atoms with van der Waals surface area (Å²) in [5.41, 5.74) is 0.875. The number of likely N-dealkylation sites (tertiary alicyclic amines) is 1. The Morgan fingerprint density at radius 3 is 2.70 bits per heavy atom. The molecule has 0 unspecified atom stereocenters. The average molecular weight is 373 g/mol. The SMILES string of the molecule is O=C1CCCN1CCCN(C(=O)OCc1ccccc1)C(=O)[C@@H]1CCCN1. The Bertz CT molecular complexity index is 658. The van der Waals surface area contributed by atoms with Crippen molar-refractivity contribution in [3.05, 3.63) is 35.9 Å². The molecule has 7 heteroatoms. The van der Waals surface area contributed by atoms with Crippen molar-refractivity contribution < 1.29 is 19.1 Å². The van der Waals surface area contributed by atoms with Crippen LogP contribution in [0.4, 0.5) is 4.79 Å². The predicted octanol–water partition coefficient (Wildman–Crippen LogP) is 1.92. The second-order valence-electron chi connectivity index (χ2n) is 7.02. The van der Waals surface area contributed by atoms with E-state index in [0.717, 1.165) is 37.9 Å². The zero-order valence-electron chi connectivity index (χ0n) is 15.6. The standard InChI is InChI=1S/C20H27N3O4/c24-18-10-5-12-22(18)13-6-14-23(19(25)17-9-4-11-21-17)20(26)27-15-16-7-2-1-3-8-16/h1-3,7-8,17,21H,4-6,9-15H2/t17-/m0/s1. The first kappa shape index (κ1) is 19.4. The van der Waals surface area contributed by atoms with Gasteiger partial charge in [-0.15, -0.1) is 0 Å². The van der Waals surface area contributed by atoms with Gasteiger partial charge in [0.15, 0.2) is 0 Å². The Morgan fingerprint density at radius 1 is 1.22 bits per heavy atom. The molecule has 0 radical (unpaired) electrons. The molecule has 3 rings (SSSR count). The number of amides is 3. The zero-order valence-corrected chi connectivity index (χ0v) is 15.6. The van der Waals surface area contributed by atoms with Gasteiger partial charge >= 0.3 is 6.09 Å². The smallest absolute Gasteiger partial charge is 0.416 e. The fourth-order valence-electron chi connectivity index (χ4n) is 3.53. The molecule has 0 saturated carbocycles. The van der Waals surface area contributed by atoms with Gasteiger partial charge in [-0.1, -0.05) is 30.3 Å². The van der Waals surface area contributed by atoms with Gasteiger partial charge in [-0.25, -0.2) is 9.69 Å². The predicted molar refractivity (Wildman–Crippen MR) is 99.8 cm³/mol. The topological polar surface area (TPSA) is 79.0 Å². The van der Waals surface area contributed by atoms with Crippen LogP contribution >= 0.6 is 0 Å².